The highest BCUT2D eigenvalue weighted by molar-refractivity contribution is 8.01. The molecule has 0 fully saturated rings. The quantitative estimate of drug-likeness (QED) is 0.528. The zero-order valence-corrected chi connectivity index (χ0v) is 16.9. The number of rotatable bonds is 8. The van der Waals surface area contributed by atoms with Crippen molar-refractivity contribution in [2.45, 2.75) is 32.1 Å². The molecule has 0 saturated carbocycles. The van der Waals surface area contributed by atoms with Gasteiger partial charge in [-0.05, 0) is 26.3 Å². The first-order valence-electron chi connectivity index (χ1n) is 8.55. The summed E-state index contributed by atoms with van der Waals surface area (Å²) in [5, 5.41) is 16.8. The minimum absolute atomic E-state index is 0.0204. The first kappa shape index (κ1) is 21.4. The lowest BCUT2D eigenvalue weighted by Crippen LogP contribution is -2.32. The molecule has 1 aromatic heterocycles. The van der Waals surface area contributed by atoms with E-state index in [0.29, 0.717) is 17.1 Å². The maximum atomic E-state index is 12.5. The Hall–Kier alpha value is -2.88. The molecule has 0 aliphatic carbocycles. The van der Waals surface area contributed by atoms with Crippen molar-refractivity contribution in [3.8, 4) is 0 Å². The fraction of sp³-hybridized carbons (Fsp3) is 0.389. The van der Waals surface area contributed by atoms with Gasteiger partial charge < -0.3 is 14.7 Å². The zero-order valence-electron chi connectivity index (χ0n) is 16.0. The topological polar surface area (TPSA) is 119 Å². The van der Waals surface area contributed by atoms with Crippen LogP contribution in [0, 0.1) is 17.0 Å². The van der Waals surface area contributed by atoms with Crippen molar-refractivity contribution in [2.24, 2.45) is 0 Å². The molecule has 2 rings (SSSR count). The SMILES string of the molecule is Cc1cc(NC(=O)[C@@H](C)SCC(=O)N(C)[C@H](C)c2cccc([N+](=O)[O-])c2)no1. The summed E-state index contributed by atoms with van der Waals surface area (Å²) in [7, 11) is 1.63. The number of nitrogens with one attached hydrogen (secondary N) is 1. The third kappa shape index (κ3) is 5.56. The van der Waals surface area contributed by atoms with Gasteiger partial charge in [0.05, 0.1) is 22.0 Å². The van der Waals surface area contributed by atoms with Crippen molar-refractivity contribution in [1.29, 1.82) is 0 Å². The van der Waals surface area contributed by atoms with Gasteiger partial charge in [-0.15, -0.1) is 11.8 Å². The number of anilines is 1. The second-order valence-electron chi connectivity index (χ2n) is 6.30. The Balaban J connectivity index is 1.89. The number of nitro benzene ring substituents is 1. The number of hydrogen-bond acceptors (Lipinski definition) is 7. The average Bonchev–Trinajstić information content (AvgIpc) is 3.09. The molecule has 10 heteroatoms. The standard InChI is InChI=1S/C18H22N4O5S/c1-11-8-16(20-27-11)19-18(24)13(3)28-10-17(23)21(4)12(2)14-6-5-7-15(9-14)22(25)26/h5-9,12-13H,10H2,1-4H3,(H,19,20,24)/t12-,13-/m1/s1. The number of hydrogen-bond donors (Lipinski definition) is 1. The third-order valence-electron chi connectivity index (χ3n) is 4.24. The summed E-state index contributed by atoms with van der Waals surface area (Å²) in [5.74, 6) is 0.559. The molecule has 1 N–H and O–H groups in total. The van der Waals surface area contributed by atoms with Crippen molar-refractivity contribution in [3.05, 3.63) is 51.8 Å². The maximum absolute atomic E-state index is 12.5. The number of amides is 2. The Morgan fingerprint density at radius 1 is 1.36 bits per heavy atom. The number of carbonyl (C=O) groups excluding carboxylic acids is 2. The van der Waals surface area contributed by atoms with E-state index in [1.807, 2.05) is 0 Å². The second kappa shape index (κ2) is 9.36. The molecule has 0 bridgehead atoms. The molecule has 2 amide bonds. The van der Waals surface area contributed by atoms with Crippen molar-refractivity contribution in [3.63, 3.8) is 0 Å². The van der Waals surface area contributed by atoms with Gasteiger partial charge in [-0.3, -0.25) is 19.7 Å². The molecule has 2 aromatic rings. The van der Waals surface area contributed by atoms with E-state index in [2.05, 4.69) is 10.5 Å². The summed E-state index contributed by atoms with van der Waals surface area (Å²) in [6.07, 6.45) is 0. The van der Waals surface area contributed by atoms with Crippen LogP contribution in [0.25, 0.3) is 0 Å². The molecule has 2 atom stereocenters. The van der Waals surface area contributed by atoms with E-state index in [1.165, 1.54) is 28.8 Å². The molecule has 0 spiro atoms. The molecule has 0 aliphatic heterocycles. The molecule has 0 saturated heterocycles. The first-order valence-corrected chi connectivity index (χ1v) is 9.59. The smallest absolute Gasteiger partial charge is 0.269 e. The van der Waals surface area contributed by atoms with E-state index in [1.54, 1.807) is 46.0 Å². The molecule has 1 heterocycles. The van der Waals surface area contributed by atoms with Gasteiger partial charge in [-0.1, -0.05) is 17.3 Å². The van der Waals surface area contributed by atoms with E-state index in [-0.39, 0.29) is 29.3 Å². The number of benzene rings is 1. The van der Waals surface area contributed by atoms with Gasteiger partial charge in [0.1, 0.15) is 5.76 Å². The monoisotopic (exact) mass is 406 g/mol. The third-order valence-corrected chi connectivity index (χ3v) is 5.37. The molecular formula is C18H22N4O5S. The van der Waals surface area contributed by atoms with E-state index >= 15 is 0 Å². The minimum Gasteiger partial charge on any atom is -0.360 e. The summed E-state index contributed by atoms with van der Waals surface area (Å²) < 4.78 is 4.89. The van der Waals surface area contributed by atoms with Crippen LogP contribution in [0.15, 0.2) is 34.9 Å². The van der Waals surface area contributed by atoms with Crippen LogP contribution in [0.2, 0.25) is 0 Å². The Kier molecular flexibility index (Phi) is 7.16. The van der Waals surface area contributed by atoms with Crippen LogP contribution in [-0.4, -0.2) is 44.8 Å². The number of aromatic nitrogens is 1. The Labute approximate surface area is 166 Å². The van der Waals surface area contributed by atoms with Crippen LogP contribution in [0.1, 0.15) is 31.2 Å². The molecule has 0 aliphatic rings. The van der Waals surface area contributed by atoms with E-state index in [4.69, 9.17) is 4.52 Å². The minimum atomic E-state index is -0.470. The number of carbonyl (C=O) groups is 2. The molecule has 150 valence electrons. The highest BCUT2D eigenvalue weighted by Gasteiger charge is 2.22. The van der Waals surface area contributed by atoms with Gasteiger partial charge in [0.25, 0.3) is 5.69 Å². The highest BCUT2D eigenvalue weighted by atomic mass is 32.2. The van der Waals surface area contributed by atoms with E-state index in [0.717, 1.165) is 0 Å². The largest absolute Gasteiger partial charge is 0.360 e. The van der Waals surface area contributed by atoms with Crippen molar-refractivity contribution < 1.29 is 19.0 Å². The lowest BCUT2D eigenvalue weighted by Gasteiger charge is -2.25. The molecule has 28 heavy (non-hydrogen) atoms. The Morgan fingerprint density at radius 3 is 2.68 bits per heavy atom. The number of aryl methyl sites for hydroxylation is 1. The van der Waals surface area contributed by atoms with Gasteiger partial charge in [-0.2, -0.15) is 0 Å². The van der Waals surface area contributed by atoms with Gasteiger partial charge in [0.15, 0.2) is 5.82 Å². The van der Waals surface area contributed by atoms with Crippen molar-refractivity contribution in [2.75, 3.05) is 18.1 Å². The van der Waals surface area contributed by atoms with Gasteiger partial charge in [-0.25, -0.2) is 0 Å². The van der Waals surface area contributed by atoms with Crippen LogP contribution in [0.3, 0.4) is 0 Å². The summed E-state index contributed by atoms with van der Waals surface area (Å²) in [6, 6.07) is 7.46. The lowest BCUT2D eigenvalue weighted by molar-refractivity contribution is -0.384. The zero-order chi connectivity index (χ0) is 20.8. The van der Waals surface area contributed by atoms with Crippen LogP contribution >= 0.6 is 11.8 Å². The average molecular weight is 406 g/mol. The number of non-ortho nitro benzene ring substituents is 1. The van der Waals surface area contributed by atoms with Crippen LogP contribution < -0.4 is 5.32 Å². The van der Waals surface area contributed by atoms with Crippen molar-refractivity contribution >= 4 is 35.1 Å². The van der Waals surface area contributed by atoms with Gasteiger partial charge in [0.2, 0.25) is 11.8 Å². The first-order chi connectivity index (χ1) is 13.2. The summed E-state index contributed by atoms with van der Waals surface area (Å²) in [4.78, 5) is 36.6. The summed E-state index contributed by atoms with van der Waals surface area (Å²) in [6.45, 7) is 5.22. The molecule has 9 nitrogen and oxygen atoms in total. The van der Waals surface area contributed by atoms with Crippen LogP contribution in [-0.2, 0) is 9.59 Å². The van der Waals surface area contributed by atoms with Gasteiger partial charge in [0, 0.05) is 25.2 Å². The predicted octanol–water partition coefficient (Wildman–Crippen LogP) is 3.17. The lowest BCUT2D eigenvalue weighted by atomic mass is 10.1. The molecule has 0 radical (unpaired) electrons. The van der Waals surface area contributed by atoms with Crippen LogP contribution in [0.4, 0.5) is 11.5 Å². The summed E-state index contributed by atoms with van der Waals surface area (Å²) in [5.41, 5.74) is 0.648. The second-order valence-corrected chi connectivity index (χ2v) is 7.63. The Morgan fingerprint density at radius 2 is 2.07 bits per heavy atom. The maximum Gasteiger partial charge on any atom is 0.269 e. The van der Waals surface area contributed by atoms with Crippen LogP contribution in [0.5, 0.6) is 0 Å². The summed E-state index contributed by atoms with van der Waals surface area (Å²) >= 11 is 1.20. The van der Waals surface area contributed by atoms with E-state index in [9.17, 15) is 19.7 Å². The fourth-order valence-corrected chi connectivity index (χ4v) is 3.17. The fourth-order valence-electron chi connectivity index (χ4n) is 2.36. The predicted molar refractivity (Wildman–Crippen MR) is 106 cm³/mol. The highest BCUT2D eigenvalue weighted by Crippen LogP contribution is 2.24. The number of nitro groups is 1. The number of nitrogens with zero attached hydrogens (tertiary/aromatic N) is 3. The van der Waals surface area contributed by atoms with E-state index < -0.39 is 10.2 Å². The number of thioether (sulfide) groups is 1. The van der Waals surface area contributed by atoms with Crippen molar-refractivity contribution in [1.82, 2.24) is 10.1 Å². The van der Waals surface area contributed by atoms with Gasteiger partial charge >= 0.3 is 0 Å². The molecular weight excluding hydrogens is 384 g/mol. The molecule has 1 aromatic carbocycles. The normalized spacial score (nSPS) is 12.9. The molecule has 0 unspecified atom stereocenters. The Bertz CT molecular complexity index is 869.